The number of likely N-dealkylation sites (N-methyl/N-ethyl adjacent to an activating group) is 1. The first kappa shape index (κ1) is 20.4. The second-order valence-corrected chi connectivity index (χ2v) is 8.75. The van der Waals surface area contributed by atoms with Crippen molar-refractivity contribution in [3.63, 3.8) is 0 Å². The second-order valence-electron chi connectivity index (χ2n) is 8.75. The van der Waals surface area contributed by atoms with Crippen molar-refractivity contribution in [2.45, 2.75) is 45.6 Å². The fraction of sp³-hybridized carbons (Fsp3) is 0.773. The fourth-order valence-electron chi connectivity index (χ4n) is 5.69. The third kappa shape index (κ3) is 3.93. The maximum Gasteiger partial charge on any atom is 0.233 e. The van der Waals surface area contributed by atoms with Gasteiger partial charge in [-0.1, -0.05) is 19.1 Å². The quantitative estimate of drug-likeness (QED) is 0.210. The summed E-state index contributed by atoms with van der Waals surface area (Å²) in [4.78, 5) is 34.3. The monoisotopic (exact) mass is 401 g/mol. The van der Waals surface area contributed by atoms with Crippen molar-refractivity contribution >= 4 is 17.8 Å². The zero-order chi connectivity index (χ0) is 20.4. The Morgan fingerprint density at radius 3 is 2.52 bits per heavy atom. The topological polar surface area (TPSA) is 77.0 Å². The molecule has 2 saturated heterocycles. The Kier molecular flexibility index (Phi) is 6.23. The smallest absolute Gasteiger partial charge is 0.233 e. The van der Waals surface area contributed by atoms with Gasteiger partial charge in [-0.05, 0) is 57.5 Å². The highest BCUT2D eigenvalue weighted by Crippen LogP contribution is 2.52. The van der Waals surface area contributed by atoms with E-state index in [-0.39, 0.29) is 35.5 Å². The van der Waals surface area contributed by atoms with E-state index in [9.17, 15) is 9.59 Å². The number of nitrogens with one attached hydrogen (secondary N) is 2. The van der Waals surface area contributed by atoms with Gasteiger partial charge in [0.15, 0.2) is 5.96 Å². The minimum Gasteiger partial charge on any atom is -0.357 e. The van der Waals surface area contributed by atoms with Gasteiger partial charge in [0.1, 0.15) is 0 Å². The Morgan fingerprint density at radius 1 is 1.14 bits per heavy atom. The molecule has 2 amide bonds. The van der Waals surface area contributed by atoms with Gasteiger partial charge in [0.05, 0.1) is 18.4 Å². The average Bonchev–Trinajstić information content (AvgIpc) is 3.49. The van der Waals surface area contributed by atoms with Crippen LogP contribution in [0.3, 0.4) is 0 Å². The number of nitrogens with zero attached hydrogens (tertiary/aromatic N) is 3. The molecule has 0 radical (unpaired) electrons. The number of carbonyl (C=O) groups excluding carboxylic acids is 2. The first-order chi connectivity index (χ1) is 14.1. The van der Waals surface area contributed by atoms with Crippen molar-refractivity contribution < 1.29 is 9.59 Å². The lowest BCUT2D eigenvalue weighted by Gasteiger charge is -2.21. The summed E-state index contributed by atoms with van der Waals surface area (Å²) in [5.74, 6) is 1.34. The lowest BCUT2D eigenvalue weighted by molar-refractivity contribution is -0.140. The number of amides is 2. The standard InChI is InChI=1S/C22H35N5O2/c1-3-23-22(25-14-17-7-5-11-26(17)4-2)24-10-6-12-27-20(28)18-15-8-9-16(13-15)19(18)21(27)29/h8-9,15-19H,3-7,10-14H2,1-2H3,(H2,23,24,25). The average molecular weight is 402 g/mol. The third-order valence-electron chi connectivity index (χ3n) is 7.12. The summed E-state index contributed by atoms with van der Waals surface area (Å²) in [6, 6.07) is 0.540. The maximum atomic E-state index is 12.7. The first-order valence-corrected chi connectivity index (χ1v) is 11.4. The van der Waals surface area contributed by atoms with Gasteiger partial charge in [0, 0.05) is 25.7 Å². The molecule has 7 heteroatoms. The summed E-state index contributed by atoms with van der Waals surface area (Å²) in [5, 5.41) is 6.67. The molecule has 0 aromatic carbocycles. The van der Waals surface area contributed by atoms with Crippen LogP contribution in [-0.4, -0.2) is 72.9 Å². The van der Waals surface area contributed by atoms with E-state index >= 15 is 0 Å². The van der Waals surface area contributed by atoms with Crippen LogP contribution in [0.4, 0.5) is 0 Å². The molecule has 5 unspecified atom stereocenters. The summed E-state index contributed by atoms with van der Waals surface area (Å²) < 4.78 is 0. The lowest BCUT2D eigenvalue weighted by atomic mass is 9.85. The Morgan fingerprint density at radius 2 is 1.86 bits per heavy atom. The summed E-state index contributed by atoms with van der Waals surface area (Å²) in [6.07, 6.45) is 8.50. The predicted molar refractivity (Wildman–Crippen MR) is 113 cm³/mol. The fourth-order valence-corrected chi connectivity index (χ4v) is 5.69. The van der Waals surface area contributed by atoms with E-state index in [1.807, 2.05) is 0 Å². The van der Waals surface area contributed by atoms with Crippen molar-refractivity contribution in [2.75, 3.05) is 39.3 Å². The highest BCUT2D eigenvalue weighted by atomic mass is 16.2. The molecule has 1 saturated carbocycles. The molecule has 5 atom stereocenters. The van der Waals surface area contributed by atoms with Crippen molar-refractivity contribution in [1.29, 1.82) is 0 Å². The largest absolute Gasteiger partial charge is 0.357 e. The number of allylic oxidation sites excluding steroid dienone is 2. The SMILES string of the molecule is CCNC(=NCC1CCCN1CC)NCCCN1C(=O)C2C3C=CC(C3)C2C1=O. The van der Waals surface area contributed by atoms with Gasteiger partial charge in [-0.15, -0.1) is 0 Å². The molecule has 2 bridgehead atoms. The summed E-state index contributed by atoms with van der Waals surface area (Å²) in [6.45, 7) is 9.37. The molecular weight excluding hydrogens is 366 g/mol. The van der Waals surface area contributed by atoms with Crippen LogP contribution in [-0.2, 0) is 9.59 Å². The third-order valence-corrected chi connectivity index (χ3v) is 7.12. The van der Waals surface area contributed by atoms with E-state index in [2.05, 4.69) is 41.5 Å². The Bertz CT molecular complexity index is 661. The normalized spacial score (nSPS) is 33.8. The Labute approximate surface area is 174 Å². The van der Waals surface area contributed by atoms with Gasteiger partial charge < -0.3 is 10.6 Å². The maximum absolute atomic E-state index is 12.7. The van der Waals surface area contributed by atoms with Crippen molar-refractivity contribution in [2.24, 2.45) is 28.7 Å². The zero-order valence-electron chi connectivity index (χ0n) is 17.8. The minimum atomic E-state index is -0.0859. The number of aliphatic imine (C=N–C) groups is 1. The molecule has 160 valence electrons. The van der Waals surface area contributed by atoms with Gasteiger partial charge >= 0.3 is 0 Å². The van der Waals surface area contributed by atoms with Gasteiger partial charge in [0.25, 0.3) is 0 Å². The van der Waals surface area contributed by atoms with E-state index in [0.717, 1.165) is 38.4 Å². The molecule has 0 aromatic rings. The van der Waals surface area contributed by atoms with Crippen molar-refractivity contribution in [3.05, 3.63) is 12.2 Å². The van der Waals surface area contributed by atoms with E-state index < -0.39 is 0 Å². The number of likely N-dealkylation sites (tertiary alicyclic amines) is 2. The number of carbonyl (C=O) groups is 2. The molecular formula is C22H35N5O2. The molecule has 0 spiro atoms. The molecule has 2 N–H and O–H groups in total. The number of rotatable bonds is 8. The van der Waals surface area contributed by atoms with E-state index in [1.165, 1.54) is 24.3 Å². The summed E-state index contributed by atoms with van der Waals surface area (Å²) in [7, 11) is 0. The van der Waals surface area contributed by atoms with Crippen molar-refractivity contribution in [1.82, 2.24) is 20.4 Å². The lowest BCUT2D eigenvalue weighted by Crippen LogP contribution is -2.41. The van der Waals surface area contributed by atoms with E-state index in [4.69, 9.17) is 4.99 Å². The van der Waals surface area contributed by atoms with Crippen LogP contribution >= 0.6 is 0 Å². The molecule has 2 aliphatic heterocycles. The van der Waals surface area contributed by atoms with Crippen LogP contribution in [0.5, 0.6) is 0 Å². The van der Waals surface area contributed by atoms with Crippen LogP contribution in [0.1, 0.15) is 39.5 Å². The van der Waals surface area contributed by atoms with Crippen LogP contribution in [0.15, 0.2) is 17.1 Å². The minimum absolute atomic E-state index is 0.0540. The van der Waals surface area contributed by atoms with E-state index in [0.29, 0.717) is 19.1 Å². The number of guanidine groups is 1. The van der Waals surface area contributed by atoms with Gasteiger partial charge in [-0.25, -0.2) is 0 Å². The summed E-state index contributed by atoms with van der Waals surface area (Å²) >= 11 is 0. The number of hydrogen-bond donors (Lipinski definition) is 2. The Hall–Kier alpha value is -1.89. The molecule has 2 heterocycles. The van der Waals surface area contributed by atoms with E-state index in [1.54, 1.807) is 0 Å². The molecule has 4 rings (SSSR count). The second kappa shape index (κ2) is 8.86. The van der Waals surface area contributed by atoms with Crippen LogP contribution < -0.4 is 10.6 Å². The highest BCUT2D eigenvalue weighted by molar-refractivity contribution is 6.06. The van der Waals surface area contributed by atoms with Gasteiger partial charge in [-0.3, -0.25) is 24.4 Å². The number of hydrogen-bond acceptors (Lipinski definition) is 4. The van der Waals surface area contributed by atoms with Gasteiger partial charge in [-0.2, -0.15) is 0 Å². The zero-order valence-corrected chi connectivity index (χ0v) is 17.8. The van der Waals surface area contributed by atoms with Crippen LogP contribution in [0.25, 0.3) is 0 Å². The molecule has 2 aliphatic carbocycles. The molecule has 0 aromatic heterocycles. The van der Waals surface area contributed by atoms with Crippen LogP contribution in [0.2, 0.25) is 0 Å². The summed E-state index contributed by atoms with van der Waals surface area (Å²) in [5.41, 5.74) is 0. The van der Waals surface area contributed by atoms with Gasteiger partial charge in [0.2, 0.25) is 11.8 Å². The Balaban J connectivity index is 1.24. The highest BCUT2D eigenvalue weighted by Gasteiger charge is 2.58. The molecule has 4 aliphatic rings. The number of imide groups is 1. The first-order valence-electron chi connectivity index (χ1n) is 11.4. The number of fused-ring (bicyclic) bond motifs is 5. The molecule has 7 nitrogen and oxygen atoms in total. The van der Waals surface area contributed by atoms with Crippen molar-refractivity contribution in [3.8, 4) is 0 Å². The molecule has 29 heavy (non-hydrogen) atoms. The predicted octanol–water partition coefficient (Wildman–Crippen LogP) is 1.22. The van der Waals surface area contributed by atoms with Crippen LogP contribution in [0, 0.1) is 23.7 Å². The molecule has 3 fully saturated rings.